The van der Waals surface area contributed by atoms with Crippen molar-refractivity contribution in [3.63, 3.8) is 0 Å². The number of phenols is 1. The first-order valence-corrected chi connectivity index (χ1v) is 18.8. The predicted molar refractivity (Wildman–Crippen MR) is 184 cm³/mol. The fourth-order valence-electron chi connectivity index (χ4n) is 7.74. The number of Topliss-reactive ketones (excluding diaryl/α,β-unsaturated/α-hetero) is 1. The van der Waals surface area contributed by atoms with Gasteiger partial charge in [0, 0.05) is 29.7 Å². The molecule has 3 saturated carbocycles. The topological polar surface area (TPSA) is 175 Å². The SMILES string of the molecule is Cc1ccc(N=Nc2c(O)c(C(=O)NC3CCC(OC4CCC(C(=O)C5CCCCC5)C(O)C4)CC3)cc3ccccc23)c(S(=O)(=O)O)c1. The van der Waals surface area contributed by atoms with E-state index in [1.54, 1.807) is 43.3 Å². The number of ether oxygens (including phenoxy) is 1. The maximum absolute atomic E-state index is 13.5. The number of rotatable bonds is 9. The van der Waals surface area contributed by atoms with Crippen LogP contribution in [0.4, 0.5) is 11.4 Å². The average molecular weight is 692 g/mol. The molecular formula is C37H45N3O8S. The number of azo groups is 1. The Morgan fingerprint density at radius 1 is 0.878 bits per heavy atom. The molecule has 3 fully saturated rings. The van der Waals surface area contributed by atoms with E-state index in [2.05, 4.69) is 15.5 Å². The molecule has 1 amide bonds. The Balaban J connectivity index is 1.08. The lowest BCUT2D eigenvalue weighted by Crippen LogP contribution is -2.43. The van der Waals surface area contributed by atoms with Crippen molar-refractivity contribution in [1.82, 2.24) is 5.32 Å². The summed E-state index contributed by atoms with van der Waals surface area (Å²) in [5, 5.41) is 34.5. The first-order valence-electron chi connectivity index (χ1n) is 17.4. The number of benzene rings is 3. The summed E-state index contributed by atoms with van der Waals surface area (Å²) >= 11 is 0. The van der Waals surface area contributed by atoms with Crippen LogP contribution >= 0.6 is 0 Å². The zero-order valence-electron chi connectivity index (χ0n) is 27.8. The Bertz CT molecular complexity index is 1830. The van der Waals surface area contributed by atoms with Crippen LogP contribution in [0, 0.1) is 18.8 Å². The number of carbonyl (C=O) groups is 2. The van der Waals surface area contributed by atoms with Crippen LogP contribution < -0.4 is 5.32 Å². The number of nitrogens with zero attached hydrogens (tertiary/aromatic N) is 2. The van der Waals surface area contributed by atoms with Crippen LogP contribution in [0.25, 0.3) is 10.8 Å². The molecule has 12 heteroatoms. The van der Waals surface area contributed by atoms with Crippen molar-refractivity contribution in [3.8, 4) is 5.75 Å². The molecule has 262 valence electrons. The van der Waals surface area contributed by atoms with E-state index >= 15 is 0 Å². The molecular weight excluding hydrogens is 646 g/mol. The molecule has 0 radical (unpaired) electrons. The number of aryl methyl sites for hydroxylation is 1. The lowest BCUT2D eigenvalue weighted by molar-refractivity contribution is -0.138. The number of carbonyl (C=O) groups excluding carboxylic acids is 2. The molecule has 0 aliphatic heterocycles. The van der Waals surface area contributed by atoms with Gasteiger partial charge in [0.1, 0.15) is 22.1 Å². The van der Waals surface area contributed by atoms with Crippen molar-refractivity contribution in [3.05, 3.63) is 59.7 Å². The van der Waals surface area contributed by atoms with Crippen LogP contribution in [0.1, 0.15) is 93.0 Å². The summed E-state index contributed by atoms with van der Waals surface area (Å²) in [4.78, 5) is 26.2. The van der Waals surface area contributed by atoms with Crippen LogP contribution in [0.3, 0.4) is 0 Å². The largest absolute Gasteiger partial charge is 0.505 e. The molecule has 3 aliphatic rings. The third-order valence-corrected chi connectivity index (χ3v) is 11.3. The number of aliphatic hydroxyl groups excluding tert-OH is 1. The highest BCUT2D eigenvalue weighted by Gasteiger charge is 2.38. The van der Waals surface area contributed by atoms with Gasteiger partial charge in [-0.3, -0.25) is 14.1 Å². The van der Waals surface area contributed by atoms with Crippen LogP contribution in [0.15, 0.2) is 63.7 Å². The maximum atomic E-state index is 13.5. The normalized spacial score (nSPS) is 25.4. The monoisotopic (exact) mass is 691 g/mol. The number of aromatic hydroxyl groups is 1. The summed E-state index contributed by atoms with van der Waals surface area (Å²) in [6.07, 6.45) is 9.27. The fraction of sp³-hybridized carbons (Fsp3) is 0.514. The van der Waals surface area contributed by atoms with Gasteiger partial charge in [0.05, 0.1) is 23.9 Å². The van der Waals surface area contributed by atoms with Gasteiger partial charge < -0.3 is 20.3 Å². The highest BCUT2D eigenvalue weighted by atomic mass is 32.2. The zero-order valence-corrected chi connectivity index (χ0v) is 28.6. The molecule has 49 heavy (non-hydrogen) atoms. The quantitative estimate of drug-likeness (QED) is 0.134. The van der Waals surface area contributed by atoms with E-state index in [1.165, 1.54) is 18.6 Å². The van der Waals surface area contributed by atoms with Gasteiger partial charge in [-0.1, -0.05) is 49.6 Å². The minimum absolute atomic E-state index is 0.000398. The zero-order chi connectivity index (χ0) is 34.7. The van der Waals surface area contributed by atoms with E-state index in [1.807, 2.05) is 0 Å². The second kappa shape index (κ2) is 15.0. The van der Waals surface area contributed by atoms with E-state index in [9.17, 15) is 32.8 Å². The number of fused-ring (bicyclic) bond motifs is 1. The molecule has 3 aliphatic carbocycles. The maximum Gasteiger partial charge on any atom is 0.296 e. The molecule has 3 atom stereocenters. The number of hydrogen-bond donors (Lipinski definition) is 4. The van der Waals surface area contributed by atoms with Gasteiger partial charge in [-0.2, -0.15) is 8.42 Å². The standard InChI is InChI=1S/C37H45N3O8S/c1-22-11-18-31(33(19-22)49(45,46)47)39-40-34-28-10-6-5-9-24(28)20-30(36(34)43)37(44)38-25-12-14-26(15-13-25)48-27-16-17-29(32(41)21-27)35(42)23-7-3-2-4-8-23/h5-6,9-11,18-20,23,25-27,29,32,41,43H,2-4,7-8,12-17,21H2,1H3,(H,38,44)(H,45,46,47). The number of hydrogen-bond acceptors (Lipinski definition) is 9. The van der Waals surface area contributed by atoms with E-state index in [0.717, 1.165) is 44.9 Å². The van der Waals surface area contributed by atoms with Crippen LogP contribution in [0.5, 0.6) is 5.75 Å². The van der Waals surface area contributed by atoms with Gasteiger partial charge >= 0.3 is 0 Å². The van der Waals surface area contributed by atoms with Crippen molar-refractivity contribution in [2.75, 3.05) is 0 Å². The Morgan fingerprint density at radius 2 is 1.59 bits per heavy atom. The third kappa shape index (κ3) is 8.20. The lowest BCUT2D eigenvalue weighted by atomic mass is 9.74. The van der Waals surface area contributed by atoms with Crippen molar-refractivity contribution in [2.45, 2.75) is 113 Å². The second-order valence-electron chi connectivity index (χ2n) is 13.9. The highest BCUT2D eigenvalue weighted by molar-refractivity contribution is 7.86. The van der Waals surface area contributed by atoms with Gasteiger partial charge in [0.15, 0.2) is 5.75 Å². The Kier molecular flexibility index (Phi) is 10.8. The van der Waals surface area contributed by atoms with Crippen molar-refractivity contribution in [2.24, 2.45) is 22.1 Å². The molecule has 4 N–H and O–H groups in total. The summed E-state index contributed by atoms with van der Waals surface area (Å²) in [5.41, 5.74) is 0.502. The molecule has 3 unspecified atom stereocenters. The molecule has 6 rings (SSSR count). The highest BCUT2D eigenvalue weighted by Crippen LogP contribution is 2.41. The number of ketones is 1. The molecule has 0 bridgehead atoms. The van der Waals surface area contributed by atoms with E-state index in [4.69, 9.17) is 4.74 Å². The summed E-state index contributed by atoms with van der Waals surface area (Å²) in [6, 6.07) is 12.8. The van der Waals surface area contributed by atoms with Crippen molar-refractivity contribution >= 4 is 44.0 Å². The number of amides is 1. The molecule has 0 saturated heterocycles. The molecule has 0 aromatic heterocycles. The number of phenolic OH excluding ortho intramolecular Hbond substituents is 1. The van der Waals surface area contributed by atoms with Crippen LogP contribution in [0.2, 0.25) is 0 Å². The van der Waals surface area contributed by atoms with Gasteiger partial charge in [-0.05, 0) is 87.4 Å². The minimum atomic E-state index is -4.59. The predicted octanol–water partition coefficient (Wildman–Crippen LogP) is 7.25. The van der Waals surface area contributed by atoms with E-state index < -0.39 is 32.8 Å². The first kappa shape index (κ1) is 35.1. The first-order chi connectivity index (χ1) is 23.5. The van der Waals surface area contributed by atoms with Crippen LogP contribution in [-0.2, 0) is 19.6 Å². The number of nitrogens with one attached hydrogen (secondary N) is 1. The van der Waals surface area contributed by atoms with Gasteiger partial charge in [0.25, 0.3) is 16.0 Å². The molecule has 3 aromatic carbocycles. The summed E-state index contributed by atoms with van der Waals surface area (Å²) in [6.45, 7) is 1.68. The smallest absolute Gasteiger partial charge is 0.296 e. The summed E-state index contributed by atoms with van der Waals surface area (Å²) < 4.78 is 40.0. The van der Waals surface area contributed by atoms with Gasteiger partial charge in [0.2, 0.25) is 0 Å². The van der Waals surface area contributed by atoms with E-state index in [-0.39, 0.29) is 52.8 Å². The van der Waals surface area contributed by atoms with Gasteiger partial charge in [-0.25, -0.2) is 0 Å². The average Bonchev–Trinajstić information content (AvgIpc) is 3.08. The third-order valence-electron chi connectivity index (χ3n) is 10.4. The molecule has 3 aromatic rings. The Hall–Kier alpha value is -3.71. The molecule has 11 nitrogen and oxygen atoms in total. The lowest BCUT2D eigenvalue weighted by Gasteiger charge is -2.37. The second-order valence-corrected chi connectivity index (χ2v) is 15.3. The minimum Gasteiger partial charge on any atom is -0.505 e. The van der Waals surface area contributed by atoms with E-state index in [0.29, 0.717) is 42.0 Å². The Morgan fingerprint density at radius 3 is 2.31 bits per heavy atom. The fourth-order valence-corrected chi connectivity index (χ4v) is 8.45. The Labute approximate surface area is 286 Å². The number of aliphatic hydroxyl groups is 1. The summed E-state index contributed by atoms with van der Waals surface area (Å²) in [7, 11) is -4.59. The van der Waals surface area contributed by atoms with Crippen LogP contribution in [-0.4, -0.2) is 59.2 Å². The molecule has 0 heterocycles. The van der Waals surface area contributed by atoms with Crippen molar-refractivity contribution in [1.29, 1.82) is 0 Å². The summed E-state index contributed by atoms with van der Waals surface area (Å²) in [5.74, 6) is -0.800. The van der Waals surface area contributed by atoms with Gasteiger partial charge in [-0.15, -0.1) is 10.2 Å². The molecule has 0 spiro atoms. The van der Waals surface area contributed by atoms with Crippen molar-refractivity contribution < 1.29 is 37.5 Å².